The molecule has 1 saturated heterocycles. The Hall–Kier alpha value is -1.85. The van der Waals surface area contributed by atoms with Gasteiger partial charge in [-0.05, 0) is 86.5 Å². The first-order valence-corrected chi connectivity index (χ1v) is 15.9. The minimum absolute atomic E-state index is 0.196. The van der Waals surface area contributed by atoms with E-state index < -0.39 is 14.0 Å². The van der Waals surface area contributed by atoms with Gasteiger partial charge in [0.2, 0.25) is 0 Å². The molecule has 2 aromatic carbocycles. The van der Waals surface area contributed by atoms with Crippen LogP contribution in [0.1, 0.15) is 49.7 Å². The van der Waals surface area contributed by atoms with E-state index in [1.807, 2.05) is 0 Å². The average Bonchev–Trinajstić information content (AvgIpc) is 2.76. The van der Waals surface area contributed by atoms with Crippen molar-refractivity contribution in [2.75, 3.05) is 13.1 Å². The van der Waals surface area contributed by atoms with Crippen LogP contribution in [0.4, 0.5) is 0 Å². The minimum atomic E-state index is -1.08. The molecule has 1 N–H and O–H groups in total. The van der Waals surface area contributed by atoms with E-state index in [4.69, 9.17) is 4.74 Å². The van der Waals surface area contributed by atoms with E-state index in [9.17, 15) is 9.90 Å². The van der Waals surface area contributed by atoms with Crippen molar-refractivity contribution in [2.24, 2.45) is 5.92 Å². The molecular formula is C27H39NO3Si. The van der Waals surface area contributed by atoms with Crippen LogP contribution in [-0.4, -0.2) is 43.2 Å². The molecule has 0 amide bonds. The van der Waals surface area contributed by atoms with Crippen molar-refractivity contribution in [1.29, 1.82) is 0 Å². The predicted molar refractivity (Wildman–Crippen MR) is 134 cm³/mol. The zero-order valence-corrected chi connectivity index (χ0v) is 21.2. The molecule has 0 aromatic heterocycles. The molecule has 5 heteroatoms. The largest absolute Gasteiger partial charge is 0.490 e. The van der Waals surface area contributed by atoms with Gasteiger partial charge in [0, 0.05) is 20.2 Å². The van der Waals surface area contributed by atoms with Crippen LogP contribution in [-0.2, 0) is 11.3 Å². The average molecular weight is 454 g/mol. The van der Waals surface area contributed by atoms with Gasteiger partial charge in [0.1, 0.15) is 5.75 Å². The molecular weight excluding hydrogens is 414 g/mol. The fourth-order valence-electron chi connectivity index (χ4n) is 5.64. The Labute approximate surface area is 194 Å². The van der Waals surface area contributed by atoms with Crippen molar-refractivity contribution in [3.05, 3.63) is 41.5 Å². The highest BCUT2D eigenvalue weighted by Gasteiger charge is 2.32. The molecule has 4 rings (SSSR count). The number of ether oxygens (including phenoxy) is 1. The van der Waals surface area contributed by atoms with E-state index in [-0.39, 0.29) is 5.92 Å². The first-order chi connectivity index (χ1) is 15.2. The number of rotatable bonds is 6. The number of carbonyl (C=O) groups is 1. The molecule has 2 fully saturated rings. The molecule has 1 saturated carbocycles. The van der Waals surface area contributed by atoms with Crippen LogP contribution < -0.4 is 4.74 Å². The number of fused-ring (bicyclic) bond motifs is 1. The Kier molecular flexibility index (Phi) is 6.96. The Morgan fingerprint density at radius 1 is 1.03 bits per heavy atom. The summed E-state index contributed by atoms with van der Waals surface area (Å²) in [7, 11) is -1.08. The fourth-order valence-corrected chi connectivity index (χ4v) is 7.71. The van der Waals surface area contributed by atoms with Gasteiger partial charge >= 0.3 is 5.97 Å². The first kappa shape index (κ1) is 23.3. The lowest BCUT2D eigenvalue weighted by Gasteiger charge is -2.36. The molecule has 32 heavy (non-hydrogen) atoms. The number of benzene rings is 2. The summed E-state index contributed by atoms with van der Waals surface area (Å²) in [6.07, 6.45) is 6.68. The van der Waals surface area contributed by atoms with Crippen molar-refractivity contribution in [1.82, 2.24) is 4.90 Å². The highest BCUT2D eigenvalue weighted by molar-refractivity contribution is 6.77. The van der Waals surface area contributed by atoms with Gasteiger partial charge in [-0.25, -0.2) is 0 Å². The zero-order chi connectivity index (χ0) is 22.9. The fraction of sp³-hybridized carbons (Fsp3) is 0.593. The summed E-state index contributed by atoms with van der Waals surface area (Å²) in [5.74, 6) is 0.194. The predicted octanol–water partition coefficient (Wildman–Crippen LogP) is 6.47. The molecule has 0 unspecified atom stereocenters. The van der Waals surface area contributed by atoms with E-state index >= 15 is 0 Å². The Bertz CT molecular complexity index is 951. The number of likely N-dealkylation sites (tertiary alicyclic amines) is 1. The van der Waals surface area contributed by atoms with Gasteiger partial charge in [-0.1, -0.05) is 43.9 Å². The van der Waals surface area contributed by atoms with Gasteiger partial charge in [0.15, 0.2) is 0 Å². The summed E-state index contributed by atoms with van der Waals surface area (Å²) >= 11 is 0. The second-order valence-corrected chi connectivity index (χ2v) is 16.6. The lowest BCUT2D eigenvalue weighted by Crippen LogP contribution is -2.36. The van der Waals surface area contributed by atoms with E-state index in [1.54, 1.807) is 0 Å². The van der Waals surface area contributed by atoms with Gasteiger partial charge in [0.05, 0.1) is 12.0 Å². The first-order valence-electron chi connectivity index (χ1n) is 12.4. The molecule has 174 valence electrons. The smallest absolute Gasteiger partial charge is 0.306 e. The Balaban J connectivity index is 1.55. The second-order valence-electron chi connectivity index (χ2n) is 11.1. The van der Waals surface area contributed by atoms with E-state index in [0.29, 0.717) is 6.10 Å². The summed E-state index contributed by atoms with van der Waals surface area (Å²) in [6, 6.07) is 10.9. The Morgan fingerprint density at radius 2 is 1.66 bits per heavy atom. The van der Waals surface area contributed by atoms with E-state index in [1.165, 1.54) is 34.7 Å². The topological polar surface area (TPSA) is 49.8 Å². The molecule has 0 spiro atoms. The number of hydrogen-bond acceptors (Lipinski definition) is 3. The highest BCUT2D eigenvalue weighted by atomic mass is 28.3. The number of aryl methyl sites for hydroxylation is 1. The van der Waals surface area contributed by atoms with E-state index in [0.717, 1.165) is 56.6 Å². The third kappa shape index (κ3) is 5.20. The minimum Gasteiger partial charge on any atom is -0.490 e. The molecule has 0 radical (unpaired) electrons. The van der Waals surface area contributed by atoms with E-state index in [2.05, 4.69) is 61.8 Å². The standard InChI is InChI=1S/C27H39NO3Si/c1-19-17-26(31-21-9-11-22(12-10-21)32(2,3)4)25(24-8-6-5-7-23(19)24)18-28-15-13-20(14-16-28)27(29)30/h5-8,17,20-22H,9-16,18H2,1-4H3,(H,29,30)/t21-,22+. The number of carboxylic acid groups (broad SMARTS) is 1. The van der Waals surface area contributed by atoms with Gasteiger partial charge in [-0.3, -0.25) is 9.69 Å². The number of aliphatic carboxylic acids is 1. The summed E-state index contributed by atoms with van der Waals surface area (Å²) in [5, 5.41) is 11.9. The van der Waals surface area contributed by atoms with Crippen molar-refractivity contribution in [3.8, 4) is 5.75 Å². The van der Waals surface area contributed by atoms with Gasteiger partial charge < -0.3 is 9.84 Å². The number of nitrogens with zero attached hydrogens (tertiary/aromatic N) is 1. The molecule has 1 heterocycles. The quantitative estimate of drug-likeness (QED) is 0.509. The summed E-state index contributed by atoms with van der Waals surface area (Å²) in [4.78, 5) is 13.8. The number of hydrogen-bond donors (Lipinski definition) is 1. The van der Waals surface area contributed by atoms with Crippen LogP contribution in [0.5, 0.6) is 5.75 Å². The molecule has 2 aromatic rings. The number of carboxylic acids is 1. The van der Waals surface area contributed by atoms with Crippen LogP contribution in [0, 0.1) is 12.8 Å². The summed E-state index contributed by atoms with van der Waals surface area (Å²) in [6.45, 7) is 12.2. The highest BCUT2D eigenvalue weighted by Crippen LogP contribution is 2.40. The third-order valence-corrected chi connectivity index (χ3v) is 10.9. The van der Waals surface area contributed by atoms with Crippen molar-refractivity contribution >= 4 is 24.8 Å². The van der Waals surface area contributed by atoms with Crippen LogP contribution >= 0.6 is 0 Å². The lowest BCUT2D eigenvalue weighted by molar-refractivity contribution is -0.143. The molecule has 0 bridgehead atoms. The summed E-state index contributed by atoms with van der Waals surface area (Å²) in [5.41, 5.74) is 3.45. The monoisotopic (exact) mass is 453 g/mol. The van der Waals surface area contributed by atoms with Crippen LogP contribution in [0.15, 0.2) is 30.3 Å². The maximum atomic E-state index is 11.4. The zero-order valence-electron chi connectivity index (χ0n) is 20.2. The normalized spacial score (nSPS) is 23.4. The molecule has 1 aliphatic carbocycles. The summed E-state index contributed by atoms with van der Waals surface area (Å²) < 4.78 is 6.73. The van der Waals surface area contributed by atoms with Crippen LogP contribution in [0.2, 0.25) is 25.2 Å². The van der Waals surface area contributed by atoms with Crippen LogP contribution in [0.3, 0.4) is 0 Å². The molecule has 1 aliphatic heterocycles. The Morgan fingerprint density at radius 3 is 2.25 bits per heavy atom. The van der Waals surface area contributed by atoms with Gasteiger partial charge in [0.25, 0.3) is 0 Å². The second kappa shape index (κ2) is 9.56. The van der Waals surface area contributed by atoms with Crippen molar-refractivity contribution < 1.29 is 14.6 Å². The van der Waals surface area contributed by atoms with Gasteiger partial charge in [-0.15, -0.1) is 0 Å². The molecule has 0 atom stereocenters. The lowest BCUT2D eigenvalue weighted by atomic mass is 9.94. The third-order valence-electron chi connectivity index (χ3n) is 7.83. The SMILES string of the molecule is Cc1cc(O[C@H]2CC[C@@H]([Si](C)(C)C)CC2)c(CN2CCC(C(=O)O)CC2)c2ccccc12. The molecule has 2 aliphatic rings. The maximum absolute atomic E-state index is 11.4. The van der Waals surface area contributed by atoms with Crippen LogP contribution in [0.25, 0.3) is 10.8 Å². The van der Waals surface area contributed by atoms with Gasteiger partial charge in [-0.2, -0.15) is 0 Å². The number of piperidine rings is 1. The maximum Gasteiger partial charge on any atom is 0.306 e. The van der Waals surface area contributed by atoms with Crippen molar-refractivity contribution in [3.63, 3.8) is 0 Å². The molecule has 4 nitrogen and oxygen atoms in total. The van der Waals surface area contributed by atoms with Crippen molar-refractivity contribution in [2.45, 2.75) is 83.3 Å².